The molecule has 1 heterocycles. The van der Waals surface area contributed by atoms with E-state index in [1.807, 2.05) is 6.92 Å². The lowest BCUT2D eigenvalue weighted by Crippen LogP contribution is -2.44. The second kappa shape index (κ2) is 10.0. The van der Waals surface area contributed by atoms with Crippen molar-refractivity contribution < 1.29 is 32.5 Å². The van der Waals surface area contributed by atoms with Crippen molar-refractivity contribution in [2.45, 2.75) is 57.8 Å². The number of alkyl halides is 2. The minimum absolute atomic E-state index is 0.133. The van der Waals surface area contributed by atoms with Crippen molar-refractivity contribution in [1.82, 2.24) is 0 Å². The summed E-state index contributed by atoms with van der Waals surface area (Å²) in [6, 6.07) is 0. The highest BCUT2D eigenvalue weighted by atomic mass is 19.3. The third-order valence-corrected chi connectivity index (χ3v) is 3.12. The first kappa shape index (κ1) is 18.3. The predicted molar refractivity (Wildman–Crippen MR) is 71.4 cm³/mol. The van der Waals surface area contributed by atoms with Gasteiger partial charge in [0.1, 0.15) is 24.9 Å². The molecule has 0 saturated carbocycles. The standard InChI is InChI=1S/C14H24F2O5/c1-3-4-6-19-11-8-18-7-5-13(17)21-10(2)14(11)20-9-12(15)16/h10-12,14H,3-9H2,1-2H3. The van der Waals surface area contributed by atoms with Crippen LogP contribution in [0.3, 0.4) is 0 Å². The number of rotatable bonds is 7. The number of ether oxygens (including phenoxy) is 4. The van der Waals surface area contributed by atoms with Gasteiger partial charge in [0, 0.05) is 6.61 Å². The molecule has 0 aromatic heterocycles. The lowest BCUT2D eigenvalue weighted by Gasteiger charge is -2.30. The van der Waals surface area contributed by atoms with Gasteiger partial charge in [-0.3, -0.25) is 4.79 Å². The van der Waals surface area contributed by atoms with Crippen molar-refractivity contribution in [2.24, 2.45) is 0 Å². The molecule has 21 heavy (non-hydrogen) atoms. The molecule has 1 aliphatic heterocycles. The molecule has 0 N–H and O–H groups in total. The summed E-state index contributed by atoms with van der Waals surface area (Å²) >= 11 is 0. The van der Waals surface area contributed by atoms with Crippen molar-refractivity contribution in [2.75, 3.05) is 26.4 Å². The topological polar surface area (TPSA) is 54.0 Å². The Balaban J connectivity index is 2.70. The molecule has 0 aromatic carbocycles. The van der Waals surface area contributed by atoms with Crippen LogP contribution in [-0.4, -0.2) is 57.1 Å². The van der Waals surface area contributed by atoms with Gasteiger partial charge in [0.25, 0.3) is 6.43 Å². The first-order valence-corrected chi connectivity index (χ1v) is 7.33. The third-order valence-electron chi connectivity index (χ3n) is 3.12. The Hall–Kier alpha value is -0.790. The number of carbonyl (C=O) groups excluding carboxylic acids is 1. The number of carbonyl (C=O) groups is 1. The fourth-order valence-corrected chi connectivity index (χ4v) is 2.03. The number of hydrogen-bond acceptors (Lipinski definition) is 5. The van der Waals surface area contributed by atoms with Crippen LogP contribution in [0, 0.1) is 0 Å². The zero-order valence-corrected chi connectivity index (χ0v) is 12.6. The Kier molecular flexibility index (Phi) is 8.72. The molecule has 0 radical (unpaired) electrons. The summed E-state index contributed by atoms with van der Waals surface area (Å²) in [5.41, 5.74) is 0. The van der Waals surface area contributed by atoms with E-state index in [2.05, 4.69) is 0 Å². The number of hydrogen-bond donors (Lipinski definition) is 0. The van der Waals surface area contributed by atoms with Crippen molar-refractivity contribution in [3.05, 3.63) is 0 Å². The third kappa shape index (κ3) is 7.15. The Morgan fingerprint density at radius 1 is 1.38 bits per heavy atom. The van der Waals surface area contributed by atoms with E-state index in [0.29, 0.717) is 6.61 Å². The number of cyclic esters (lactones) is 1. The molecule has 1 fully saturated rings. The summed E-state index contributed by atoms with van der Waals surface area (Å²) in [7, 11) is 0. The zero-order chi connectivity index (χ0) is 15.7. The highest BCUT2D eigenvalue weighted by Gasteiger charge is 2.33. The molecule has 0 aromatic rings. The van der Waals surface area contributed by atoms with E-state index in [1.54, 1.807) is 6.92 Å². The fourth-order valence-electron chi connectivity index (χ4n) is 2.03. The van der Waals surface area contributed by atoms with Gasteiger partial charge in [-0.15, -0.1) is 0 Å². The number of esters is 1. The van der Waals surface area contributed by atoms with E-state index in [-0.39, 0.29) is 19.6 Å². The van der Waals surface area contributed by atoms with Crippen LogP contribution in [0.1, 0.15) is 33.1 Å². The molecule has 0 bridgehead atoms. The van der Waals surface area contributed by atoms with Gasteiger partial charge in [-0.05, 0) is 13.3 Å². The Bertz CT molecular complexity index is 301. The summed E-state index contributed by atoms with van der Waals surface area (Å²) in [4.78, 5) is 11.5. The van der Waals surface area contributed by atoms with Crippen LogP contribution in [0.5, 0.6) is 0 Å². The van der Waals surface area contributed by atoms with Gasteiger partial charge in [0.05, 0.1) is 19.6 Å². The highest BCUT2D eigenvalue weighted by molar-refractivity contribution is 5.69. The molecule has 124 valence electrons. The van der Waals surface area contributed by atoms with Crippen molar-refractivity contribution in [1.29, 1.82) is 0 Å². The average molecular weight is 310 g/mol. The van der Waals surface area contributed by atoms with Crippen LogP contribution in [0.2, 0.25) is 0 Å². The molecular formula is C14H24F2O5. The Labute approximate surface area is 123 Å². The predicted octanol–water partition coefficient (Wildman–Crippen LogP) is 2.17. The van der Waals surface area contributed by atoms with Crippen molar-refractivity contribution in [3.8, 4) is 0 Å². The normalized spacial score (nSPS) is 27.9. The van der Waals surface area contributed by atoms with Crippen LogP contribution in [-0.2, 0) is 23.7 Å². The molecule has 0 amide bonds. The lowest BCUT2D eigenvalue weighted by molar-refractivity contribution is -0.172. The minimum atomic E-state index is -2.59. The van der Waals surface area contributed by atoms with Gasteiger partial charge in [0.15, 0.2) is 0 Å². The van der Waals surface area contributed by atoms with Crippen LogP contribution in [0.4, 0.5) is 8.78 Å². The van der Waals surface area contributed by atoms with Gasteiger partial charge in [-0.25, -0.2) is 8.78 Å². The van der Waals surface area contributed by atoms with Crippen LogP contribution in [0.25, 0.3) is 0 Å². The monoisotopic (exact) mass is 310 g/mol. The van der Waals surface area contributed by atoms with Gasteiger partial charge in [-0.1, -0.05) is 13.3 Å². The smallest absolute Gasteiger partial charge is 0.308 e. The summed E-state index contributed by atoms with van der Waals surface area (Å²) in [5.74, 6) is -0.428. The summed E-state index contributed by atoms with van der Waals surface area (Å²) in [6.07, 6.45) is -2.60. The van der Waals surface area contributed by atoms with Crippen LogP contribution in [0.15, 0.2) is 0 Å². The molecule has 1 aliphatic rings. The maximum atomic E-state index is 12.4. The molecule has 3 atom stereocenters. The molecule has 0 spiro atoms. The van der Waals surface area contributed by atoms with Crippen molar-refractivity contribution in [3.63, 3.8) is 0 Å². The summed E-state index contributed by atoms with van der Waals surface area (Å²) < 4.78 is 46.2. The first-order valence-electron chi connectivity index (χ1n) is 7.33. The molecule has 5 nitrogen and oxygen atoms in total. The van der Waals surface area contributed by atoms with E-state index < -0.39 is 37.3 Å². The van der Waals surface area contributed by atoms with E-state index in [4.69, 9.17) is 18.9 Å². The van der Waals surface area contributed by atoms with Crippen LogP contribution >= 0.6 is 0 Å². The van der Waals surface area contributed by atoms with E-state index in [0.717, 1.165) is 12.8 Å². The van der Waals surface area contributed by atoms with Crippen LogP contribution < -0.4 is 0 Å². The first-order chi connectivity index (χ1) is 10.0. The highest BCUT2D eigenvalue weighted by Crippen LogP contribution is 2.17. The van der Waals surface area contributed by atoms with Gasteiger partial charge in [-0.2, -0.15) is 0 Å². The molecule has 0 aliphatic carbocycles. The average Bonchev–Trinajstić information content (AvgIpc) is 2.47. The maximum absolute atomic E-state index is 12.4. The summed E-state index contributed by atoms with van der Waals surface area (Å²) in [6.45, 7) is 3.83. The Morgan fingerprint density at radius 2 is 2.14 bits per heavy atom. The molecule has 7 heteroatoms. The minimum Gasteiger partial charge on any atom is -0.460 e. The SMILES string of the molecule is CCCCOC1COCCC(=O)OC(C)C1OCC(F)F. The molecule has 1 saturated heterocycles. The van der Waals surface area contributed by atoms with Gasteiger partial charge >= 0.3 is 5.97 Å². The summed E-state index contributed by atoms with van der Waals surface area (Å²) in [5, 5.41) is 0. The Morgan fingerprint density at radius 3 is 2.81 bits per heavy atom. The maximum Gasteiger partial charge on any atom is 0.308 e. The fraction of sp³-hybridized carbons (Fsp3) is 0.929. The quantitative estimate of drug-likeness (QED) is 0.533. The van der Waals surface area contributed by atoms with E-state index in [9.17, 15) is 13.6 Å². The van der Waals surface area contributed by atoms with Crippen molar-refractivity contribution >= 4 is 5.97 Å². The second-order valence-electron chi connectivity index (χ2n) is 4.97. The van der Waals surface area contributed by atoms with E-state index in [1.165, 1.54) is 0 Å². The second-order valence-corrected chi connectivity index (χ2v) is 4.97. The molecule has 3 unspecified atom stereocenters. The van der Waals surface area contributed by atoms with E-state index >= 15 is 0 Å². The lowest BCUT2D eigenvalue weighted by atomic mass is 10.1. The van der Waals surface area contributed by atoms with Gasteiger partial charge < -0.3 is 18.9 Å². The number of unbranched alkanes of at least 4 members (excludes halogenated alkanes) is 1. The number of halogens is 2. The molecule has 1 rings (SSSR count). The largest absolute Gasteiger partial charge is 0.460 e. The van der Waals surface area contributed by atoms with Gasteiger partial charge in [0.2, 0.25) is 0 Å². The zero-order valence-electron chi connectivity index (χ0n) is 12.6. The molecular weight excluding hydrogens is 286 g/mol.